The smallest absolute Gasteiger partial charge is 0.305 e. The largest absolute Gasteiger partial charge is 0.315 e. The van der Waals surface area contributed by atoms with Crippen molar-refractivity contribution >= 4 is 21.4 Å². The highest BCUT2D eigenvalue weighted by Gasteiger charge is 2.23. The van der Waals surface area contributed by atoms with E-state index < -0.39 is 10.0 Å². The van der Waals surface area contributed by atoms with E-state index in [1.807, 2.05) is 7.05 Å². The van der Waals surface area contributed by atoms with Crippen LogP contribution in [-0.2, 0) is 10.0 Å². The number of nitrogens with zero attached hydrogens (tertiary/aromatic N) is 1. The van der Waals surface area contributed by atoms with Gasteiger partial charge in [-0.2, -0.15) is 0 Å². The minimum Gasteiger partial charge on any atom is -0.315 e. The van der Waals surface area contributed by atoms with Gasteiger partial charge in [0.25, 0.3) is 10.0 Å². The summed E-state index contributed by atoms with van der Waals surface area (Å²) in [7, 11) is -1.52. The Labute approximate surface area is 116 Å². The van der Waals surface area contributed by atoms with E-state index in [0.717, 1.165) is 37.3 Å². The SMILES string of the molecule is Cc1[nH]c(=O)sc1S(=O)(=O)NCC1CCCN(C)C1. The second-order valence-corrected chi connectivity index (χ2v) is 7.99. The number of piperidine rings is 1. The third-order valence-corrected chi connectivity index (χ3v) is 6.34. The van der Waals surface area contributed by atoms with E-state index in [0.29, 0.717) is 18.2 Å². The number of likely N-dealkylation sites (tertiary alicyclic amines) is 1. The lowest BCUT2D eigenvalue weighted by molar-refractivity contribution is 0.211. The lowest BCUT2D eigenvalue weighted by Gasteiger charge is -2.29. The summed E-state index contributed by atoms with van der Waals surface area (Å²) in [5, 5.41) is 0. The number of aromatic nitrogens is 1. The lowest BCUT2D eigenvalue weighted by atomic mass is 9.99. The maximum absolute atomic E-state index is 12.1. The number of sulfonamides is 1. The highest BCUT2D eigenvalue weighted by molar-refractivity contribution is 7.91. The molecule has 1 saturated heterocycles. The highest BCUT2D eigenvalue weighted by atomic mass is 32.2. The molecule has 0 bridgehead atoms. The van der Waals surface area contributed by atoms with E-state index in [4.69, 9.17) is 0 Å². The van der Waals surface area contributed by atoms with Crippen LogP contribution in [0.25, 0.3) is 0 Å². The van der Waals surface area contributed by atoms with E-state index in [-0.39, 0.29) is 9.08 Å². The van der Waals surface area contributed by atoms with Gasteiger partial charge in [-0.3, -0.25) is 4.79 Å². The maximum atomic E-state index is 12.1. The van der Waals surface area contributed by atoms with Crippen LogP contribution in [0.2, 0.25) is 0 Å². The zero-order valence-electron chi connectivity index (χ0n) is 11.1. The van der Waals surface area contributed by atoms with Gasteiger partial charge < -0.3 is 9.88 Å². The summed E-state index contributed by atoms with van der Waals surface area (Å²) in [6.07, 6.45) is 2.13. The first kappa shape index (κ1) is 14.7. The van der Waals surface area contributed by atoms with Crippen LogP contribution >= 0.6 is 11.3 Å². The van der Waals surface area contributed by atoms with Gasteiger partial charge in [0.05, 0.1) is 0 Å². The van der Waals surface area contributed by atoms with Crippen molar-refractivity contribution in [3.05, 3.63) is 15.4 Å². The molecule has 1 atom stereocenters. The molecule has 0 radical (unpaired) electrons. The van der Waals surface area contributed by atoms with Crippen LogP contribution in [-0.4, -0.2) is 45.0 Å². The Balaban J connectivity index is 2.02. The predicted molar refractivity (Wildman–Crippen MR) is 75.1 cm³/mol. The van der Waals surface area contributed by atoms with E-state index in [1.54, 1.807) is 6.92 Å². The molecule has 1 aromatic heterocycles. The molecular weight excluding hydrogens is 286 g/mol. The van der Waals surface area contributed by atoms with Crippen LogP contribution in [0.15, 0.2) is 9.00 Å². The van der Waals surface area contributed by atoms with Crippen molar-refractivity contribution in [2.45, 2.75) is 24.0 Å². The molecule has 6 nitrogen and oxygen atoms in total. The van der Waals surface area contributed by atoms with Crippen LogP contribution < -0.4 is 9.60 Å². The van der Waals surface area contributed by atoms with Crippen molar-refractivity contribution in [3.8, 4) is 0 Å². The average Bonchev–Trinajstić information content (AvgIpc) is 2.67. The zero-order valence-corrected chi connectivity index (χ0v) is 12.7. The first-order chi connectivity index (χ1) is 8.88. The average molecular weight is 305 g/mol. The number of hydrogen-bond acceptors (Lipinski definition) is 5. The fourth-order valence-corrected chi connectivity index (χ4v) is 4.84. The van der Waals surface area contributed by atoms with Gasteiger partial charge >= 0.3 is 4.87 Å². The Morgan fingerprint density at radius 3 is 2.84 bits per heavy atom. The lowest BCUT2D eigenvalue weighted by Crippen LogP contribution is -2.39. The fourth-order valence-electron chi connectivity index (χ4n) is 2.38. The van der Waals surface area contributed by atoms with Crippen molar-refractivity contribution in [1.29, 1.82) is 0 Å². The van der Waals surface area contributed by atoms with Crippen LogP contribution in [0.1, 0.15) is 18.5 Å². The van der Waals surface area contributed by atoms with E-state index in [2.05, 4.69) is 14.6 Å². The van der Waals surface area contributed by atoms with Crippen molar-refractivity contribution in [2.24, 2.45) is 5.92 Å². The molecule has 2 N–H and O–H groups in total. The quantitative estimate of drug-likeness (QED) is 0.842. The number of H-pyrrole nitrogens is 1. The Hall–Kier alpha value is -0.700. The molecule has 0 aliphatic carbocycles. The third-order valence-electron chi connectivity index (χ3n) is 3.31. The Bertz CT molecular complexity index is 591. The molecular formula is C11H19N3O3S2. The monoisotopic (exact) mass is 305 g/mol. The van der Waals surface area contributed by atoms with Gasteiger partial charge in [0.15, 0.2) is 4.21 Å². The molecule has 108 valence electrons. The van der Waals surface area contributed by atoms with Crippen molar-refractivity contribution in [3.63, 3.8) is 0 Å². The molecule has 1 aliphatic heterocycles. The Morgan fingerprint density at radius 1 is 1.53 bits per heavy atom. The normalized spacial score (nSPS) is 21.7. The summed E-state index contributed by atoms with van der Waals surface area (Å²) in [5.41, 5.74) is 0.406. The summed E-state index contributed by atoms with van der Waals surface area (Å²) in [4.78, 5) is 15.5. The number of rotatable bonds is 4. The molecule has 1 aromatic rings. The summed E-state index contributed by atoms with van der Waals surface area (Å²) in [5.74, 6) is 0.337. The highest BCUT2D eigenvalue weighted by Crippen LogP contribution is 2.18. The Morgan fingerprint density at radius 2 is 2.26 bits per heavy atom. The number of nitrogens with one attached hydrogen (secondary N) is 2. The molecule has 0 spiro atoms. The first-order valence-corrected chi connectivity index (χ1v) is 8.56. The van der Waals surface area contributed by atoms with Gasteiger partial charge in [-0.25, -0.2) is 13.1 Å². The minimum atomic E-state index is -3.57. The van der Waals surface area contributed by atoms with Gasteiger partial charge in [-0.1, -0.05) is 11.3 Å². The summed E-state index contributed by atoms with van der Waals surface area (Å²) in [6, 6.07) is 0. The second-order valence-electron chi connectivity index (χ2n) is 5.05. The third kappa shape index (κ3) is 3.65. The molecule has 1 aliphatic rings. The molecule has 0 aromatic carbocycles. The number of thiazole rings is 1. The number of aryl methyl sites for hydroxylation is 1. The summed E-state index contributed by atoms with van der Waals surface area (Å²) in [6.45, 7) is 4.01. The summed E-state index contributed by atoms with van der Waals surface area (Å²) < 4.78 is 27.0. The standard InChI is InChI=1S/C11H19N3O3S2/c1-8-10(18-11(15)13-8)19(16,17)12-6-9-4-3-5-14(2)7-9/h9,12H,3-7H2,1-2H3,(H,13,15). The fraction of sp³-hybridized carbons (Fsp3) is 0.727. The topological polar surface area (TPSA) is 82.3 Å². The van der Waals surface area contributed by atoms with E-state index in [9.17, 15) is 13.2 Å². The molecule has 8 heteroatoms. The zero-order chi connectivity index (χ0) is 14.0. The molecule has 0 amide bonds. The Kier molecular flexibility index (Phi) is 4.44. The molecule has 1 unspecified atom stereocenters. The first-order valence-electron chi connectivity index (χ1n) is 6.26. The van der Waals surface area contributed by atoms with Gasteiger partial charge in [-0.05, 0) is 39.3 Å². The molecule has 2 heterocycles. The minimum absolute atomic E-state index is 0.0988. The molecule has 1 fully saturated rings. The maximum Gasteiger partial charge on any atom is 0.305 e. The van der Waals surface area contributed by atoms with Gasteiger partial charge in [0.1, 0.15) is 0 Å². The second kappa shape index (κ2) is 5.74. The summed E-state index contributed by atoms with van der Waals surface area (Å²) >= 11 is 0.736. The van der Waals surface area contributed by atoms with Gasteiger partial charge in [0, 0.05) is 18.8 Å². The molecule has 19 heavy (non-hydrogen) atoms. The molecule has 0 saturated carbocycles. The number of aromatic amines is 1. The van der Waals surface area contributed by atoms with Gasteiger partial charge in [0.2, 0.25) is 0 Å². The van der Waals surface area contributed by atoms with Crippen molar-refractivity contribution < 1.29 is 8.42 Å². The van der Waals surface area contributed by atoms with Crippen molar-refractivity contribution in [1.82, 2.24) is 14.6 Å². The molecule has 2 rings (SSSR count). The number of hydrogen-bond donors (Lipinski definition) is 2. The van der Waals surface area contributed by atoms with Crippen LogP contribution in [0, 0.1) is 12.8 Å². The predicted octanol–water partition coefficient (Wildman–Crippen LogP) is 0.365. The van der Waals surface area contributed by atoms with E-state index in [1.165, 1.54) is 0 Å². The van der Waals surface area contributed by atoms with E-state index >= 15 is 0 Å². The van der Waals surface area contributed by atoms with Crippen LogP contribution in [0.4, 0.5) is 0 Å². The van der Waals surface area contributed by atoms with Crippen LogP contribution in [0.5, 0.6) is 0 Å². The van der Waals surface area contributed by atoms with Gasteiger partial charge in [-0.15, -0.1) is 0 Å². The van der Waals surface area contributed by atoms with Crippen molar-refractivity contribution in [2.75, 3.05) is 26.7 Å². The van der Waals surface area contributed by atoms with Crippen LogP contribution in [0.3, 0.4) is 0 Å².